The summed E-state index contributed by atoms with van der Waals surface area (Å²) in [5.41, 5.74) is 1.40. The fourth-order valence-electron chi connectivity index (χ4n) is 1.77. The second kappa shape index (κ2) is 6.40. The van der Waals surface area contributed by atoms with E-state index in [1.165, 1.54) is 0 Å². The highest BCUT2D eigenvalue weighted by atomic mass is 32.1. The first-order valence-electron chi connectivity index (χ1n) is 5.96. The molecule has 2 rings (SSSR count). The summed E-state index contributed by atoms with van der Waals surface area (Å²) < 4.78 is 4.97. The molecule has 0 aliphatic carbocycles. The van der Waals surface area contributed by atoms with Gasteiger partial charge in [-0.2, -0.15) is 0 Å². The highest BCUT2D eigenvalue weighted by Crippen LogP contribution is 2.14. The molecule has 5 nitrogen and oxygen atoms in total. The Bertz CT molecular complexity index is 502. The molecule has 0 atom stereocenters. The van der Waals surface area contributed by atoms with Gasteiger partial charge in [0.25, 0.3) is 5.91 Å². The van der Waals surface area contributed by atoms with Crippen LogP contribution in [0.15, 0.2) is 30.2 Å². The maximum absolute atomic E-state index is 12.2. The molecule has 100 valence electrons. The highest BCUT2D eigenvalue weighted by Gasteiger charge is 2.29. The van der Waals surface area contributed by atoms with Gasteiger partial charge in [-0.3, -0.25) is 14.7 Å². The standard InChI is InChI=1S/C13H15N3O2S/c1-18-8-2-7-16-12(17)11(15-13(16)19)9-10-3-5-14-6-4-10/h3-6,9H,2,7-8H2,1H3,(H,15,19)/b11-9+. The minimum absolute atomic E-state index is 0.0992. The lowest BCUT2D eigenvalue weighted by Crippen LogP contribution is -2.32. The van der Waals surface area contributed by atoms with Gasteiger partial charge in [-0.25, -0.2) is 0 Å². The zero-order valence-corrected chi connectivity index (χ0v) is 11.4. The molecule has 2 heterocycles. The number of methoxy groups -OCH3 is 1. The third-order valence-electron chi connectivity index (χ3n) is 2.71. The number of nitrogens with zero attached hydrogens (tertiary/aromatic N) is 2. The van der Waals surface area contributed by atoms with E-state index in [0.29, 0.717) is 24.0 Å². The summed E-state index contributed by atoms with van der Waals surface area (Å²) in [5, 5.41) is 3.38. The summed E-state index contributed by atoms with van der Waals surface area (Å²) in [4.78, 5) is 17.7. The first kappa shape index (κ1) is 13.6. The van der Waals surface area contributed by atoms with Gasteiger partial charge in [0.15, 0.2) is 5.11 Å². The van der Waals surface area contributed by atoms with Crippen LogP contribution < -0.4 is 5.32 Å². The number of hydrogen-bond acceptors (Lipinski definition) is 4. The van der Waals surface area contributed by atoms with Gasteiger partial charge in [-0.1, -0.05) is 0 Å². The number of thiocarbonyl (C=S) groups is 1. The van der Waals surface area contributed by atoms with E-state index in [4.69, 9.17) is 17.0 Å². The second-order valence-corrected chi connectivity index (χ2v) is 4.46. The highest BCUT2D eigenvalue weighted by molar-refractivity contribution is 7.80. The van der Waals surface area contributed by atoms with Gasteiger partial charge in [0, 0.05) is 32.7 Å². The summed E-state index contributed by atoms with van der Waals surface area (Å²) in [5.74, 6) is -0.0992. The number of ether oxygens (including phenoxy) is 1. The molecule has 0 aromatic carbocycles. The van der Waals surface area contributed by atoms with E-state index in [2.05, 4.69) is 10.3 Å². The third kappa shape index (κ3) is 3.36. The van der Waals surface area contributed by atoms with Gasteiger partial charge >= 0.3 is 0 Å². The van der Waals surface area contributed by atoms with Crippen LogP contribution in [0.25, 0.3) is 6.08 Å². The van der Waals surface area contributed by atoms with Crippen LogP contribution in [-0.2, 0) is 9.53 Å². The van der Waals surface area contributed by atoms with Crippen LogP contribution >= 0.6 is 12.2 Å². The van der Waals surface area contributed by atoms with Crippen molar-refractivity contribution in [2.45, 2.75) is 6.42 Å². The molecular formula is C13H15N3O2S. The molecule has 0 bridgehead atoms. The lowest BCUT2D eigenvalue weighted by Gasteiger charge is -2.12. The zero-order valence-electron chi connectivity index (χ0n) is 10.6. The minimum Gasteiger partial charge on any atom is -0.385 e. The Morgan fingerprint density at radius 3 is 2.89 bits per heavy atom. The van der Waals surface area contributed by atoms with Gasteiger partial charge < -0.3 is 10.1 Å². The van der Waals surface area contributed by atoms with Crippen molar-refractivity contribution >= 4 is 29.3 Å². The first-order chi connectivity index (χ1) is 9.22. The van der Waals surface area contributed by atoms with Crippen molar-refractivity contribution in [3.63, 3.8) is 0 Å². The Kier molecular flexibility index (Phi) is 4.59. The molecule has 1 aromatic heterocycles. The van der Waals surface area contributed by atoms with E-state index < -0.39 is 0 Å². The van der Waals surface area contributed by atoms with Crippen LogP contribution in [0.1, 0.15) is 12.0 Å². The van der Waals surface area contributed by atoms with Gasteiger partial charge in [0.05, 0.1) is 0 Å². The molecule has 0 saturated carbocycles. The van der Waals surface area contributed by atoms with Crippen molar-refractivity contribution in [3.8, 4) is 0 Å². The van der Waals surface area contributed by atoms with E-state index in [1.54, 1.807) is 30.5 Å². The van der Waals surface area contributed by atoms with Gasteiger partial charge in [-0.15, -0.1) is 0 Å². The summed E-state index contributed by atoms with van der Waals surface area (Å²) in [6, 6.07) is 3.66. The van der Waals surface area contributed by atoms with Crippen molar-refractivity contribution in [2.24, 2.45) is 0 Å². The van der Waals surface area contributed by atoms with Crippen molar-refractivity contribution < 1.29 is 9.53 Å². The van der Waals surface area contributed by atoms with E-state index in [9.17, 15) is 4.79 Å². The molecular weight excluding hydrogens is 262 g/mol. The molecule has 0 radical (unpaired) electrons. The fraction of sp³-hybridized carbons (Fsp3) is 0.308. The Balaban J connectivity index is 2.07. The Hall–Kier alpha value is -1.79. The number of carbonyl (C=O) groups is 1. The molecule has 0 unspecified atom stereocenters. The van der Waals surface area contributed by atoms with Crippen LogP contribution in [0, 0.1) is 0 Å². The summed E-state index contributed by atoms with van der Waals surface area (Å²) in [7, 11) is 1.64. The van der Waals surface area contributed by atoms with E-state index >= 15 is 0 Å². The molecule has 1 aromatic rings. The molecule has 1 aliphatic heterocycles. The summed E-state index contributed by atoms with van der Waals surface area (Å²) in [6.07, 6.45) is 5.89. The number of amides is 1. The van der Waals surface area contributed by atoms with Gasteiger partial charge in [-0.05, 0) is 42.4 Å². The van der Waals surface area contributed by atoms with Crippen LogP contribution in [0.4, 0.5) is 0 Å². The predicted octanol–water partition coefficient (Wildman–Crippen LogP) is 1.18. The van der Waals surface area contributed by atoms with E-state index in [0.717, 1.165) is 12.0 Å². The topological polar surface area (TPSA) is 54.5 Å². The van der Waals surface area contributed by atoms with Crippen LogP contribution in [0.3, 0.4) is 0 Å². The fourth-order valence-corrected chi connectivity index (χ4v) is 2.05. The summed E-state index contributed by atoms with van der Waals surface area (Å²) in [6.45, 7) is 1.17. The van der Waals surface area contributed by atoms with Crippen molar-refractivity contribution in [2.75, 3.05) is 20.3 Å². The van der Waals surface area contributed by atoms with Crippen molar-refractivity contribution in [1.29, 1.82) is 0 Å². The third-order valence-corrected chi connectivity index (χ3v) is 3.03. The Morgan fingerprint density at radius 1 is 1.47 bits per heavy atom. The number of nitrogens with one attached hydrogen (secondary N) is 1. The second-order valence-electron chi connectivity index (χ2n) is 4.07. The first-order valence-corrected chi connectivity index (χ1v) is 6.36. The Morgan fingerprint density at radius 2 is 2.21 bits per heavy atom. The average molecular weight is 277 g/mol. The van der Waals surface area contributed by atoms with E-state index in [-0.39, 0.29) is 5.91 Å². The largest absolute Gasteiger partial charge is 0.385 e. The molecule has 1 aliphatic rings. The summed E-state index contributed by atoms with van der Waals surface area (Å²) >= 11 is 5.16. The number of carbonyl (C=O) groups excluding carboxylic acids is 1. The molecule has 1 N–H and O–H groups in total. The SMILES string of the molecule is COCCCN1C(=O)/C(=C\c2ccncc2)NC1=S. The molecule has 1 fully saturated rings. The smallest absolute Gasteiger partial charge is 0.276 e. The quantitative estimate of drug-likeness (QED) is 0.497. The van der Waals surface area contributed by atoms with Gasteiger partial charge in [0.1, 0.15) is 5.70 Å². The van der Waals surface area contributed by atoms with Gasteiger partial charge in [0.2, 0.25) is 0 Å². The van der Waals surface area contributed by atoms with Crippen LogP contribution in [-0.4, -0.2) is 41.2 Å². The molecule has 0 spiro atoms. The Labute approximate surface area is 117 Å². The predicted molar refractivity (Wildman–Crippen MR) is 76.2 cm³/mol. The van der Waals surface area contributed by atoms with Crippen LogP contribution in [0.5, 0.6) is 0 Å². The monoisotopic (exact) mass is 277 g/mol. The molecule has 6 heteroatoms. The normalized spacial score (nSPS) is 17.1. The maximum Gasteiger partial charge on any atom is 0.276 e. The number of hydrogen-bond donors (Lipinski definition) is 1. The minimum atomic E-state index is -0.0992. The van der Waals surface area contributed by atoms with Crippen LogP contribution in [0.2, 0.25) is 0 Å². The van der Waals surface area contributed by atoms with E-state index in [1.807, 2.05) is 12.1 Å². The molecule has 19 heavy (non-hydrogen) atoms. The van der Waals surface area contributed by atoms with Crippen molar-refractivity contribution in [1.82, 2.24) is 15.2 Å². The molecule has 1 saturated heterocycles. The zero-order chi connectivity index (χ0) is 13.7. The lowest BCUT2D eigenvalue weighted by molar-refractivity contribution is -0.122. The number of rotatable bonds is 5. The maximum atomic E-state index is 12.2. The number of aromatic nitrogens is 1. The number of pyridine rings is 1. The molecule has 1 amide bonds. The van der Waals surface area contributed by atoms with Crippen molar-refractivity contribution in [3.05, 3.63) is 35.8 Å². The lowest BCUT2D eigenvalue weighted by atomic mass is 10.2. The average Bonchev–Trinajstić information content (AvgIpc) is 2.68.